The molecule has 0 bridgehead atoms. The van der Waals surface area contributed by atoms with Crippen LogP contribution in [-0.2, 0) is 16.4 Å². The Morgan fingerprint density at radius 1 is 1.03 bits per heavy atom. The second kappa shape index (κ2) is 8.44. The third-order valence-corrected chi connectivity index (χ3v) is 6.96. The predicted molar refractivity (Wildman–Crippen MR) is 121 cm³/mol. The summed E-state index contributed by atoms with van der Waals surface area (Å²) in [5.41, 5.74) is 2.65. The molecule has 158 valence electrons. The Labute approximate surface area is 182 Å². The van der Waals surface area contributed by atoms with Gasteiger partial charge in [0, 0.05) is 11.3 Å². The van der Waals surface area contributed by atoms with Crippen LogP contribution in [0.3, 0.4) is 0 Å². The predicted octanol–water partition coefficient (Wildman–Crippen LogP) is 5.05. The molecule has 4 rings (SSSR count). The van der Waals surface area contributed by atoms with Crippen molar-refractivity contribution < 1.29 is 17.6 Å². The summed E-state index contributed by atoms with van der Waals surface area (Å²) in [7, 11) is -3.86. The molecule has 0 saturated carbocycles. The summed E-state index contributed by atoms with van der Waals surface area (Å²) < 4.78 is 41.2. The lowest BCUT2D eigenvalue weighted by Gasteiger charge is -2.09. The highest BCUT2D eigenvalue weighted by atomic mass is 32.2. The van der Waals surface area contributed by atoms with Crippen molar-refractivity contribution in [3.8, 4) is 0 Å². The number of rotatable bonds is 6. The number of benzene rings is 3. The first-order valence-electron chi connectivity index (χ1n) is 9.44. The summed E-state index contributed by atoms with van der Waals surface area (Å²) in [6, 6.07) is 16.5. The number of sulfonamides is 1. The third-order valence-electron chi connectivity index (χ3n) is 4.63. The number of halogens is 1. The van der Waals surface area contributed by atoms with E-state index in [1.54, 1.807) is 0 Å². The van der Waals surface area contributed by atoms with Crippen molar-refractivity contribution in [2.75, 3.05) is 10.0 Å². The van der Waals surface area contributed by atoms with Gasteiger partial charge in [-0.25, -0.2) is 17.8 Å². The van der Waals surface area contributed by atoms with Crippen molar-refractivity contribution in [1.29, 1.82) is 0 Å². The van der Waals surface area contributed by atoms with Gasteiger partial charge in [-0.2, -0.15) is 0 Å². The molecule has 0 atom stereocenters. The molecule has 0 aliphatic heterocycles. The lowest BCUT2D eigenvalue weighted by molar-refractivity contribution is 0.102. The lowest BCUT2D eigenvalue weighted by Crippen LogP contribution is -2.14. The number of nitrogens with one attached hydrogen (secondary N) is 2. The quantitative estimate of drug-likeness (QED) is 0.426. The molecule has 0 saturated heterocycles. The monoisotopic (exact) mass is 455 g/mol. The fourth-order valence-corrected chi connectivity index (χ4v) is 5.00. The van der Waals surface area contributed by atoms with Gasteiger partial charge in [0.05, 0.1) is 15.1 Å². The molecular formula is C22H18FN3O3S2. The standard InChI is InChI=1S/C22H18FN3O3S2/c1-2-14-4-3-5-19-20(14)24-22(30-19)25-21(27)15-6-10-17(11-7-15)26-31(28,29)18-12-8-16(23)9-13-18/h3-13,26H,2H2,1H3,(H,24,25,27). The van der Waals surface area contributed by atoms with E-state index in [1.165, 1.54) is 47.7 Å². The summed E-state index contributed by atoms with van der Waals surface area (Å²) in [6.45, 7) is 2.05. The molecule has 3 aromatic carbocycles. The van der Waals surface area contributed by atoms with E-state index in [-0.39, 0.29) is 16.5 Å². The van der Waals surface area contributed by atoms with Crippen LogP contribution >= 0.6 is 11.3 Å². The van der Waals surface area contributed by atoms with Crippen LogP contribution in [0.5, 0.6) is 0 Å². The van der Waals surface area contributed by atoms with Crippen LogP contribution in [0.4, 0.5) is 15.2 Å². The van der Waals surface area contributed by atoms with Crippen LogP contribution in [0.1, 0.15) is 22.8 Å². The first-order valence-corrected chi connectivity index (χ1v) is 11.7. The molecule has 0 fully saturated rings. The van der Waals surface area contributed by atoms with E-state index in [9.17, 15) is 17.6 Å². The summed E-state index contributed by atoms with van der Waals surface area (Å²) >= 11 is 1.40. The zero-order valence-electron chi connectivity index (χ0n) is 16.4. The maximum absolute atomic E-state index is 13.0. The Bertz CT molecular complexity index is 1350. The number of carbonyl (C=O) groups excluding carboxylic acids is 1. The SMILES string of the molecule is CCc1cccc2sc(NC(=O)c3ccc(NS(=O)(=O)c4ccc(F)cc4)cc3)nc12. The molecule has 2 N–H and O–H groups in total. The van der Waals surface area contributed by atoms with E-state index < -0.39 is 15.8 Å². The molecule has 0 aliphatic carbocycles. The number of amides is 1. The smallest absolute Gasteiger partial charge is 0.261 e. The number of para-hydroxylation sites is 1. The number of nitrogens with zero attached hydrogens (tertiary/aromatic N) is 1. The maximum atomic E-state index is 13.0. The minimum atomic E-state index is -3.86. The highest BCUT2D eigenvalue weighted by Crippen LogP contribution is 2.29. The summed E-state index contributed by atoms with van der Waals surface area (Å²) in [5, 5.41) is 3.29. The second-order valence-electron chi connectivity index (χ2n) is 6.73. The van der Waals surface area contributed by atoms with E-state index in [1.807, 2.05) is 18.2 Å². The topological polar surface area (TPSA) is 88.2 Å². The van der Waals surface area contributed by atoms with E-state index in [0.29, 0.717) is 10.7 Å². The Morgan fingerprint density at radius 2 is 1.74 bits per heavy atom. The molecule has 1 aromatic heterocycles. The number of aromatic nitrogens is 1. The van der Waals surface area contributed by atoms with Crippen molar-refractivity contribution in [1.82, 2.24) is 4.98 Å². The molecule has 0 aliphatic rings. The molecule has 31 heavy (non-hydrogen) atoms. The summed E-state index contributed by atoms with van der Waals surface area (Å²) in [6.07, 6.45) is 0.851. The first kappa shape index (κ1) is 21.0. The number of carbonyl (C=O) groups is 1. The number of aryl methyl sites for hydroxylation is 1. The third kappa shape index (κ3) is 4.57. The number of anilines is 2. The van der Waals surface area contributed by atoms with Gasteiger partial charge in [-0.1, -0.05) is 30.4 Å². The minimum Gasteiger partial charge on any atom is -0.298 e. The van der Waals surface area contributed by atoms with Crippen LogP contribution in [0, 0.1) is 5.82 Å². The highest BCUT2D eigenvalue weighted by Gasteiger charge is 2.15. The Balaban J connectivity index is 1.48. The maximum Gasteiger partial charge on any atom is 0.261 e. The molecule has 0 spiro atoms. The second-order valence-corrected chi connectivity index (χ2v) is 9.44. The van der Waals surface area contributed by atoms with Crippen molar-refractivity contribution in [2.45, 2.75) is 18.2 Å². The largest absolute Gasteiger partial charge is 0.298 e. The zero-order valence-corrected chi connectivity index (χ0v) is 18.1. The average molecular weight is 456 g/mol. The van der Waals surface area contributed by atoms with Gasteiger partial charge in [0.15, 0.2) is 5.13 Å². The van der Waals surface area contributed by atoms with Gasteiger partial charge in [0.2, 0.25) is 0 Å². The molecule has 9 heteroatoms. The molecule has 1 amide bonds. The van der Waals surface area contributed by atoms with Crippen molar-refractivity contribution in [2.24, 2.45) is 0 Å². The van der Waals surface area contributed by atoms with Crippen LogP contribution in [0.2, 0.25) is 0 Å². The fourth-order valence-electron chi connectivity index (χ4n) is 3.03. The zero-order chi connectivity index (χ0) is 22.0. The Hall–Kier alpha value is -3.30. The van der Waals surface area contributed by atoms with Crippen LogP contribution in [-0.4, -0.2) is 19.3 Å². The molecular weight excluding hydrogens is 437 g/mol. The van der Waals surface area contributed by atoms with Crippen molar-refractivity contribution in [3.05, 3.63) is 83.7 Å². The molecule has 0 radical (unpaired) electrons. The minimum absolute atomic E-state index is 0.0574. The van der Waals surface area contributed by atoms with Gasteiger partial charge >= 0.3 is 0 Å². The highest BCUT2D eigenvalue weighted by molar-refractivity contribution is 7.92. The number of thiazole rings is 1. The first-order chi connectivity index (χ1) is 14.9. The molecule has 1 heterocycles. The van der Waals surface area contributed by atoms with E-state index >= 15 is 0 Å². The fraction of sp³-hybridized carbons (Fsp3) is 0.0909. The van der Waals surface area contributed by atoms with Gasteiger partial charge < -0.3 is 0 Å². The lowest BCUT2D eigenvalue weighted by atomic mass is 10.1. The van der Waals surface area contributed by atoms with Crippen LogP contribution in [0.15, 0.2) is 71.6 Å². The molecule has 4 aromatic rings. The van der Waals surface area contributed by atoms with Gasteiger partial charge in [-0.15, -0.1) is 0 Å². The van der Waals surface area contributed by atoms with Gasteiger partial charge in [0.25, 0.3) is 15.9 Å². The molecule has 0 unspecified atom stereocenters. The number of hydrogen-bond donors (Lipinski definition) is 2. The Kier molecular flexibility index (Phi) is 5.71. The Morgan fingerprint density at radius 3 is 2.42 bits per heavy atom. The van der Waals surface area contributed by atoms with Gasteiger partial charge in [-0.3, -0.25) is 14.8 Å². The summed E-state index contributed by atoms with van der Waals surface area (Å²) in [4.78, 5) is 17.0. The van der Waals surface area contributed by atoms with Crippen molar-refractivity contribution >= 4 is 48.3 Å². The normalized spacial score (nSPS) is 11.4. The van der Waals surface area contributed by atoms with Gasteiger partial charge in [0.1, 0.15) is 5.82 Å². The van der Waals surface area contributed by atoms with E-state index in [0.717, 1.165) is 34.3 Å². The molecule has 6 nitrogen and oxygen atoms in total. The van der Waals surface area contributed by atoms with Crippen LogP contribution in [0.25, 0.3) is 10.2 Å². The van der Waals surface area contributed by atoms with Crippen molar-refractivity contribution in [3.63, 3.8) is 0 Å². The van der Waals surface area contributed by atoms with Gasteiger partial charge in [-0.05, 0) is 66.6 Å². The van der Waals surface area contributed by atoms with Crippen LogP contribution < -0.4 is 10.0 Å². The van der Waals surface area contributed by atoms with E-state index in [4.69, 9.17) is 0 Å². The van der Waals surface area contributed by atoms with E-state index in [2.05, 4.69) is 21.9 Å². The summed E-state index contributed by atoms with van der Waals surface area (Å²) in [5.74, 6) is -0.863. The number of fused-ring (bicyclic) bond motifs is 1. The number of hydrogen-bond acceptors (Lipinski definition) is 5. The average Bonchev–Trinajstić information content (AvgIpc) is 3.16.